The molecule has 0 atom stereocenters. The van der Waals surface area contributed by atoms with Crippen molar-refractivity contribution in [2.45, 2.75) is 124 Å². The van der Waals surface area contributed by atoms with E-state index in [1.165, 1.54) is 64.2 Å². The van der Waals surface area contributed by atoms with E-state index in [0.29, 0.717) is 46.6 Å². The summed E-state index contributed by atoms with van der Waals surface area (Å²) in [5.41, 5.74) is 2.23. The van der Waals surface area contributed by atoms with Gasteiger partial charge in [0, 0.05) is 30.5 Å². The average Bonchev–Trinajstić information content (AvgIpc) is 3.55. The zero-order valence-electron chi connectivity index (χ0n) is 28.0. The number of nitrogens with one attached hydrogen (secondary N) is 4. The van der Waals surface area contributed by atoms with E-state index in [1.807, 2.05) is 6.92 Å². The van der Waals surface area contributed by atoms with E-state index in [9.17, 15) is 9.59 Å². The molecule has 3 aromatic rings. The molecule has 11 heteroatoms. The highest BCUT2D eigenvalue weighted by molar-refractivity contribution is 6.34. The fourth-order valence-corrected chi connectivity index (χ4v) is 5.67. The predicted octanol–water partition coefficient (Wildman–Crippen LogP) is 8.40. The molecule has 0 saturated carbocycles. The number of hydrogen-bond acceptors (Lipinski definition) is 5. The van der Waals surface area contributed by atoms with Crippen LogP contribution in [-0.4, -0.2) is 51.4 Å². The van der Waals surface area contributed by atoms with Gasteiger partial charge in [-0.2, -0.15) is 4.63 Å². The minimum absolute atomic E-state index is 0.0658. The second-order valence-electron chi connectivity index (χ2n) is 12.7. The fraction of sp³-hybridized carbons (Fsp3) is 0.647. The Morgan fingerprint density at radius 1 is 0.911 bits per heavy atom. The molecule has 4 N–H and O–H groups in total. The molecule has 0 aliphatic heterocycles. The number of amides is 3. The normalized spacial score (nSPS) is 11.6. The molecule has 1 aromatic carbocycles. The SMILES string of the molecule is CCCCCCCCCCCCCCNC(=O)CCNC(=O)Nc1ccc(OCC)cc1-c1nc2c(Cl)c(C(C)(C)C)[nH]n2n1. The molecule has 0 radical (unpaired) electrons. The van der Waals surface area contributed by atoms with Gasteiger partial charge in [-0.25, -0.2) is 9.78 Å². The maximum absolute atomic E-state index is 12.7. The molecular formula is C34H54ClN7O3. The molecule has 3 amide bonds. The molecule has 45 heavy (non-hydrogen) atoms. The maximum atomic E-state index is 12.7. The fourth-order valence-electron chi connectivity index (χ4n) is 5.22. The number of nitrogens with zero attached hydrogens (tertiary/aromatic N) is 3. The number of rotatable bonds is 20. The second-order valence-corrected chi connectivity index (χ2v) is 13.1. The lowest BCUT2D eigenvalue weighted by Crippen LogP contribution is -2.33. The third-order valence-corrected chi connectivity index (χ3v) is 8.13. The summed E-state index contributed by atoms with van der Waals surface area (Å²) in [6, 6.07) is 4.89. The third kappa shape index (κ3) is 11.9. The number of fused-ring (bicyclic) bond motifs is 1. The third-order valence-electron chi connectivity index (χ3n) is 7.77. The van der Waals surface area contributed by atoms with Gasteiger partial charge in [-0.15, -0.1) is 5.10 Å². The summed E-state index contributed by atoms with van der Waals surface area (Å²) >= 11 is 6.63. The Kier molecular flexibility index (Phi) is 15.0. The van der Waals surface area contributed by atoms with Gasteiger partial charge < -0.3 is 20.7 Å². The summed E-state index contributed by atoms with van der Waals surface area (Å²) in [6.45, 7) is 11.7. The molecule has 250 valence electrons. The zero-order chi connectivity index (χ0) is 32.7. The van der Waals surface area contributed by atoms with E-state index in [-0.39, 0.29) is 24.3 Å². The molecule has 0 aliphatic rings. The molecule has 0 saturated heterocycles. The van der Waals surface area contributed by atoms with Gasteiger partial charge in [-0.3, -0.25) is 9.89 Å². The topological polar surface area (TPSA) is 125 Å². The van der Waals surface area contributed by atoms with Crippen molar-refractivity contribution < 1.29 is 14.3 Å². The summed E-state index contributed by atoms with van der Waals surface area (Å²) in [5.74, 6) is 0.949. The highest BCUT2D eigenvalue weighted by Gasteiger charge is 2.25. The number of carbonyl (C=O) groups is 2. The van der Waals surface area contributed by atoms with Crippen LogP contribution in [0.5, 0.6) is 5.75 Å². The number of unbranched alkanes of at least 4 members (excludes halogenated alkanes) is 11. The monoisotopic (exact) mass is 643 g/mol. The lowest BCUT2D eigenvalue weighted by atomic mass is 9.92. The van der Waals surface area contributed by atoms with Crippen molar-refractivity contribution in [2.75, 3.05) is 25.0 Å². The molecule has 2 aromatic heterocycles. The number of ether oxygens (including phenoxy) is 1. The minimum Gasteiger partial charge on any atom is -0.494 e. The van der Waals surface area contributed by atoms with Crippen molar-refractivity contribution in [1.82, 2.24) is 30.4 Å². The van der Waals surface area contributed by atoms with Crippen LogP contribution >= 0.6 is 11.6 Å². The molecule has 0 bridgehead atoms. The van der Waals surface area contributed by atoms with Crippen LogP contribution in [0.25, 0.3) is 17.0 Å². The Balaban J connectivity index is 1.40. The van der Waals surface area contributed by atoms with Crippen LogP contribution in [0.3, 0.4) is 0 Å². The van der Waals surface area contributed by atoms with Crippen molar-refractivity contribution in [3.63, 3.8) is 0 Å². The van der Waals surface area contributed by atoms with Gasteiger partial charge in [-0.05, 0) is 31.5 Å². The van der Waals surface area contributed by atoms with E-state index in [4.69, 9.17) is 16.3 Å². The van der Waals surface area contributed by atoms with E-state index in [2.05, 4.69) is 58.8 Å². The molecule has 3 rings (SSSR count). The quantitative estimate of drug-likeness (QED) is 0.0920. The number of H-pyrrole nitrogens is 1. The van der Waals surface area contributed by atoms with Gasteiger partial charge >= 0.3 is 6.03 Å². The number of urea groups is 1. The molecule has 0 unspecified atom stereocenters. The highest BCUT2D eigenvalue weighted by Crippen LogP contribution is 2.34. The first-order valence-corrected chi connectivity index (χ1v) is 17.2. The van der Waals surface area contributed by atoms with Crippen molar-refractivity contribution in [2.24, 2.45) is 0 Å². The van der Waals surface area contributed by atoms with Crippen LogP contribution in [0.1, 0.15) is 124 Å². The first-order chi connectivity index (χ1) is 21.6. The number of aromatic amines is 1. The summed E-state index contributed by atoms with van der Waals surface area (Å²) in [7, 11) is 0. The lowest BCUT2D eigenvalue weighted by Gasteiger charge is -2.16. The van der Waals surface area contributed by atoms with E-state index >= 15 is 0 Å². The number of benzene rings is 1. The standard InChI is InChI=1S/C34H54ClN7O3/c1-6-8-9-10-11-12-13-14-15-16-17-18-22-36-28(43)21-23-37-33(44)38-27-20-19-25(45-7-2)24-26(27)31-39-32-29(35)30(34(3,4)5)40-42(32)41-31/h19-20,24,40H,6-18,21-23H2,1-5H3,(H,36,43)(H2,37,38,44). The van der Waals surface area contributed by atoms with Crippen LogP contribution in [0.4, 0.5) is 10.5 Å². The number of halogens is 1. The molecule has 0 spiro atoms. The summed E-state index contributed by atoms with van der Waals surface area (Å²) in [4.78, 5) is 29.7. The largest absolute Gasteiger partial charge is 0.494 e. The van der Waals surface area contributed by atoms with Gasteiger partial charge in [0.15, 0.2) is 11.5 Å². The molecule has 0 aliphatic carbocycles. The lowest BCUT2D eigenvalue weighted by molar-refractivity contribution is -0.120. The van der Waals surface area contributed by atoms with Crippen LogP contribution in [0.15, 0.2) is 18.2 Å². The first kappa shape index (κ1) is 36.2. The number of hydrogen-bond donors (Lipinski definition) is 4. The zero-order valence-corrected chi connectivity index (χ0v) is 28.7. The summed E-state index contributed by atoms with van der Waals surface area (Å²) < 4.78 is 7.23. The van der Waals surface area contributed by atoms with Gasteiger partial charge in [0.2, 0.25) is 5.91 Å². The Bertz CT molecular complexity index is 1350. The molecule has 2 heterocycles. The van der Waals surface area contributed by atoms with Crippen LogP contribution in [-0.2, 0) is 10.2 Å². The van der Waals surface area contributed by atoms with E-state index in [0.717, 1.165) is 18.5 Å². The van der Waals surface area contributed by atoms with E-state index in [1.54, 1.807) is 22.8 Å². The van der Waals surface area contributed by atoms with Crippen LogP contribution < -0.4 is 20.7 Å². The molecule has 0 fully saturated rings. The number of aromatic nitrogens is 4. The van der Waals surface area contributed by atoms with Crippen molar-refractivity contribution in [1.29, 1.82) is 0 Å². The summed E-state index contributed by atoms with van der Waals surface area (Å²) in [5, 5.41) is 16.9. The summed E-state index contributed by atoms with van der Waals surface area (Å²) in [6.07, 6.45) is 15.7. The first-order valence-electron chi connectivity index (χ1n) is 16.9. The van der Waals surface area contributed by atoms with Crippen LogP contribution in [0, 0.1) is 0 Å². The van der Waals surface area contributed by atoms with Gasteiger partial charge in [-0.1, -0.05) is 110 Å². The van der Waals surface area contributed by atoms with Gasteiger partial charge in [0.25, 0.3) is 0 Å². The predicted molar refractivity (Wildman–Crippen MR) is 183 cm³/mol. The average molecular weight is 644 g/mol. The van der Waals surface area contributed by atoms with Gasteiger partial charge in [0.1, 0.15) is 10.8 Å². The molecular weight excluding hydrogens is 590 g/mol. The Morgan fingerprint density at radius 2 is 1.56 bits per heavy atom. The smallest absolute Gasteiger partial charge is 0.319 e. The van der Waals surface area contributed by atoms with Crippen molar-refractivity contribution in [3.05, 3.63) is 28.9 Å². The van der Waals surface area contributed by atoms with Crippen molar-refractivity contribution in [3.8, 4) is 17.1 Å². The Labute approximate surface area is 273 Å². The highest BCUT2D eigenvalue weighted by atomic mass is 35.5. The number of carbonyl (C=O) groups excluding carboxylic acids is 2. The van der Waals surface area contributed by atoms with E-state index < -0.39 is 6.03 Å². The van der Waals surface area contributed by atoms with Gasteiger partial charge in [0.05, 0.1) is 18.0 Å². The van der Waals surface area contributed by atoms with Crippen molar-refractivity contribution >= 4 is 34.9 Å². The second kappa shape index (κ2) is 18.6. The molecule has 10 nitrogen and oxygen atoms in total. The maximum Gasteiger partial charge on any atom is 0.319 e. The number of anilines is 1. The minimum atomic E-state index is -0.424. The Morgan fingerprint density at radius 3 is 2.16 bits per heavy atom. The Hall–Kier alpha value is -3.27. The van der Waals surface area contributed by atoms with Crippen LogP contribution in [0.2, 0.25) is 5.02 Å².